The van der Waals surface area contributed by atoms with Crippen molar-refractivity contribution in [2.75, 3.05) is 26.7 Å². The highest BCUT2D eigenvalue weighted by Gasteiger charge is 2.21. The van der Waals surface area contributed by atoms with Gasteiger partial charge in [-0.15, -0.1) is 0 Å². The molecule has 0 atom stereocenters. The summed E-state index contributed by atoms with van der Waals surface area (Å²) < 4.78 is 1.84. The zero-order valence-corrected chi connectivity index (χ0v) is 14.3. The number of nitrogens with zero attached hydrogens (tertiary/aromatic N) is 4. The Balaban J connectivity index is 1.69. The highest BCUT2D eigenvalue weighted by atomic mass is 15.2. The Bertz CT molecular complexity index is 471. The van der Waals surface area contributed by atoms with Crippen LogP contribution in [0.2, 0.25) is 0 Å². The number of piperidine rings is 1. The van der Waals surface area contributed by atoms with Gasteiger partial charge in [0.25, 0.3) is 0 Å². The molecule has 1 fully saturated rings. The van der Waals surface area contributed by atoms with Crippen molar-refractivity contribution < 1.29 is 0 Å². The average Bonchev–Trinajstić information content (AvgIpc) is 2.92. The Hall–Kier alpha value is -1.56. The Morgan fingerprint density at radius 2 is 2.14 bits per heavy atom. The molecular formula is C16H30N6. The molecule has 0 amide bonds. The van der Waals surface area contributed by atoms with Crippen LogP contribution >= 0.6 is 0 Å². The molecule has 2 N–H and O–H groups in total. The molecule has 124 valence electrons. The van der Waals surface area contributed by atoms with Crippen molar-refractivity contribution in [1.82, 2.24) is 25.3 Å². The van der Waals surface area contributed by atoms with E-state index in [-0.39, 0.29) is 0 Å². The molecule has 0 aromatic carbocycles. The molecule has 1 aliphatic rings. The monoisotopic (exact) mass is 306 g/mol. The molecule has 6 heteroatoms. The molecule has 1 saturated heterocycles. The summed E-state index contributed by atoms with van der Waals surface area (Å²) in [6, 6.07) is 1.18. The quantitative estimate of drug-likeness (QED) is 0.629. The van der Waals surface area contributed by atoms with Crippen LogP contribution in [-0.2, 0) is 13.5 Å². The lowest BCUT2D eigenvalue weighted by atomic mass is 10.0. The largest absolute Gasteiger partial charge is 0.356 e. The first-order valence-electron chi connectivity index (χ1n) is 8.27. The van der Waals surface area contributed by atoms with Crippen molar-refractivity contribution in [2.45, 2.75) is 45.2 Å². The second kappa shape index (κ2) is 8.17. The van der Waals surface area contributed by atoms with Crippen LogP contribution in [0.3, 0.4) is 0 Å². The molecule has 0 spiro atoms. The zero-order valence-electron chi connectivity index (χ0n) is 14.3. The fourth-order valence-corrected chi connectivity index (χ4v) is 2.87. The fourth-order valence-electron chi connectivity index (χ4n) is 2.87. The Morgan fingerprint density at radius 1 is 1.41 bits per heavy atom. The van der Waals surface area contributed by atoms with Crippen molar-refractivity contribution >= 4 is 5.96 Å². The van der Waals surface area contributed by atoms with E-state index in [4.69, 9.17) is 0 Å². The third-order valence-electron chi connectivity index (χ3n) is 4.29. The molecule has 2 heterocycles. The van der Waals surface area contributed by atoms with Gasteiger partial charge in [0.05, 0.1) is 6.20 Å². The number of aryl methyl sites for hydroxylation is 1. The number of aliphatic imine (C=N–C) groups is 1. The van der Waals surface area contributed by atoms with Crippen molar-refractivity contribution in [3.63, 3.8) is 0 Å². The lowest BCUT2D eigenvalue weighted by molar-refractivity contribution is 0.167. The van der Waals surface area contributed by atoms with E-state index in [1.807, 2.05) is 25.0 Å². The summed E-state index contributed by atoms with van der Waals surface area (Å²) >= 11 is 0. The van der Waals surface area contributed by atoms with E-state index in [1.54, 1.807) is 0 Å². The highest BCUT2D eigenvalue weighted by Crippen LogP contribution is 2.12. The second-order valence-corrected chi connectivity index (χ2v) is 6.32. The Kier molecular flexibility index (Phi) is 6.24. The normalized spacial score (nSPS) is 18.0. The van der Waals surface area contributed by atoms with Gasteiger partial charge in [0.2, 0.25) is 0 Å². The van der Waals surface area contributed by atoms with Gasteiger partial charge < -0.3 is 15.5 Å². The standard InChI is InChI=1S/C16H30N6/c1-13(2)22-9-6-15(7-10-22)20-16(17-3)18-8-5-14-11-19-21(4)12-14/h11-13,15H,5-10H2,1-4H3,(H2,17,18,20). The molecule has 0 unspecified atom stereocenters. The van der Waals surface area contributed by atoms with Gasteiger partial charge in [0.15, 0.2) is 5.96 Å². The minimum absolute atomic E-state index is 0.527. The van der Waals surface area contributed by atoms with E-state index in [1.165, 1.54) is 31.5 Å². The second-order valence-electron chi connectivity index (χ2n) is 6.32. The van der Waals surface area contributed by atoms with E-state index in [9.17, 15) is 0 Å². The van der Waals surface area contributed by atoms with Crippen molar-refractivity contribution in [2.24, 2.45) is 12.0 Å². The van der Waals surface area contributed by atoms with Crippen molar-refractivity contribution in [1.29, 1.82) is 0 Å². The summed E-state index contributed by atoms with van der Waals surface area (Å²) in [5, 5.41) is 11.1. The Labute approximate surface area is 134 Å². The smallest absolute Gasteiger partial charge is 0.191 e. The maximum absolute atomic E-state index is 4.33. The number of rotatable bonds is 5. The zero-order chi connectivity index (χ0) is 15.9. The van der Waals surface area contributed by atoms with Gasteiger partial charge in [0.1, 0.15) is 0 Å². The summed E-state index contributed by atoms with van der Waals surface area (Å²) in [6.45, 7) is 7.75. The predicted molar refractivity (Wildman–Crippen MR) is 91.1 cm³/mol. The van der Waals surface area contributed by atoms with Gasteiger partial charge in [-0.25, -0.2) is 0 Å². The Morgan fingerprint density at radius 3 is 2.68 bits per heavy atom. The van der Waals surface area contributed by atoms with Crippen LogP contribution in [-0.4, -0.2) is 59.4 Å². The van der Waals surface area contributed by atoms with Crippen molar-refractivity contribution in [3.8, 4) is 0 Å². The summed E-state index contributed by atoms with van der Waals surface area (Å²) in [5.41, 5.74) is 1.25. The lowest BCUT2D eigenvalue weighted by Crippen LogP contribution is -2.50. The van der Waals surface area contributed by atoms with Crippen LogP contribution in [0.25, 0.3) is 0 Å². The average molecular weight is 306 g/mol. The van der Waals surface area contributed by atoms with Gasteiger partial charge in [-0.05, 0) is 38.7 Å². The number of guanidine groups is 1. The minimum atomic E-state index is 0.527. The number of aromatic nitrogens is 2. The summed E-state index contributed by atoms with van der Waals surface area (Å²) in [7, 11) is 3.78. The molecule has 0 bridgehead atoms. The molecule has 0 radical (unpaired) electrons. The van der Waals surface area contributed by atoms with E-state index in [2.05, 4.69) is 45.7 Å². The molecule has 0 aliphatic carbocycles. The lowest BCUT2D eigenvalue weighted by Gasteiger charge is -2.35. The van der Waals surface area contributed by atoms with Gasteiger partial charge in [0, 0.05) is 52.0 Å². The van der Waals surface area contributed by atoms with E-state index >= 15 is 0 Å². The first-order chi connectivity index (χ1) is 10.6. The molecule has 6 nitrogen and oxygen atoms in total. The minimum Gasteiger partial charge on any atom is -0.356 e. The SMILES string of the molecule is CN=C(NCCc1cnn(C)c1)NC1CCN(C(C)C)CC1. The van der Waals surface area contributed by atoms with Crippen LogP contribution in [0, 0.1) is 0 Å². The predicted octanol–water partition coefficient (Wildman–Crippen LogP) is 1.00. The van der Waals surface area contributed by atoms with Crippen LogP contribution < -0.4 is 10.6 Å². The van der Waals surface area contributed by atoms with Crippen LogP contribution in [0.4, 0.5) is 0 Å². The van der Waals surface area contributed by atoms with Crippen molar-refractivity contribution in [3.05, 3.63) is 18.0 Å². The summed E-state index contributed by atoms with van der Waals surface area (Å²) in [4.78, 5) is 6.87. The van der Waals surface area contributed by atoms with Crippen LogP contribution in [0.15, 0.2) is 17.4 Å². The first kappa shape index (κ1) is 16.8. The maximum Gasteiger partial charge on any atom is 0.191 e. The van der Waals surface area contributed by atoms with E-state index in [0.29, 0.717) is 12.1 Å². The summed E-state index contributed by atoms with van der Waals surface area (Å²) in [5.74, 6) is 0.909. The number of likely N-dealkylation sites (tertiary alicyclic amines) is 1. The topological polar surface area (TPSA) is 57.5 Å². The molecule has 1 aromatic heterocycles. The number of nitrogens with one attached hydrogen (secondary N) is 2. The highest BCUT2D eigenvalue weighted by molar-refractivity contribution is 5.79. The van der Waals surface area contributed by atoms with Crippen LogP contribution in [0.5, 0.6) is 0 Å². The molecule has 22 heavy (non-hydrogen) atoms. The molecule has 1 aliphatic heterocycles. The summed E-state index contributed by atoms with van der Waals surface area (Å²) in [6.07, 6.45) is 7.29. The van der Waals surface area contributed by atoms with Crippen LogP contribution in [0.1, 0.15) is 32.3 Å². The third-order valence-corrected chi connectivity index (χ3v) is 4.29. The number of hydrogen-bond donors (Lipinski definition) is 2. The first-order valence-corrected chi connectivity index (χ1v) is 8.27. The van der Waals surface area contributed by atoms with E-state index < -0.39 is 0 Å². The molecule has 2 rings (SSSR count). The molecule has 0 saturated carbocycles. The van der Waals surface area contributed by atoms with Gasteiger partial charge in [-0.3, -0.25) is 9.67 Å². The maximum atomic E-state index is 4.33. The fraction of sp³-hybridized carbons (Fsp3) is 0.750. The van der Waals surface area contributed by atoms with Gasteiger partial charge >= 0.3 is 0 Å². The van der Waals surface area contributed by atoms with Gasteiger partial charge in [-0.2, -0.15) is 5.10 Å². The molecule has 1 aromatic rings. The molecular weight excluding hydrogens is 276 g/mol. The van der Waals surface area contributed by atoms with E-state index in [0.717, 1.165) is 18.9 Å². The van der Waals surface area contributed by atoms with Gasteiger partial charge in [-0.1, -0.05) is 0 Å². The third kappa shape index (κ3) is 5.02. The number of hydrogen-bond acceptors (Lipinski definition) is 3.